The number of anilines is 2. The highest BCUT2D eigenvalue weighted by molar-refractivity contribution is 6.06. The monoisotopic (exact) mass is 387 g/mol. The van der Waals surface area contributed by atoms with E-state index in [0.717, 1.165) is 28.9 Å². The molecule has 2 aromatic carbocycles. The van der Waals surface area contributed by atoms with Crippen molar-refractivity contribution in [1.82, 2.24) is 0 Å². The molecule has 0 heterocycles. The Kier molecular flexibility index (Phi) is 6.47. The van der Waals surface area contributed by atoms with E-state index in [1.165, 1.54) is 18.3 Å². The lowest BCUT2D eigenvalue weighted by Crippen LogP contribution is -2.15. The summed E-state index contributed by atoms with van der Waals surface area (Å²) in [6, 6.07) is 11.8. The maximum atomic E-state index is 12.8. The Bertz CT molecular complexity index is 941. The Morgan fingerprint density at radius 1 is 1.18 bits per heavy atom. The summed E-state index contributed by atoms with van der Waals surface area (Å²) in [6.07, 6.45) is -3.26. The number of para-hydroxylation sites is 1. The summed E-state index contributed by atoms with van der Waals surface area (Å²) in [5.41, 5.74) is 1.57. The van der Waals surface area contributed by atoms with Crippen LogP contribution < -0.4 is 10.6 Å². The van der Waals surface area contributed by atoms with Crippen molar-refractivity contribution in [2.75, 3.05) is 10.6 Å². The van der Waals surface area contributed by atoms with E-state index in [1.54, 1.807) is 6.07 Å². The van der Waals surface area contributed by atoms with Crippen LogP contribution in [0.4, 0.5) is 24.5 Å². The first-order valence-corrected chi connectivity index (χ1v) is 8.58. The first-order valence-electron chi connectivity index (χ1n) is 8.58. The maximum absolute atomic E-state index is 12.8. The average Bonchev–Trinajstić information content (AvgIpc) is 2.62. The van der Waals surface area contributed by atoms with Crippen LogP contribution in [0.25, 0.3) is 0 Å². The van der Waals surface area contributed by atoms with Gasteiger partial charge >= 0.3 is 6.18 Å². The third-order valence-electron chi connectivity index (χ3n) is 4.10. The number of nitrogens with zero attached hydrogens (tertiary/aromatic N) is 1. The minimum Gasteiger partial charge on any atom is -0.360 e. The molecule has 2 rings (SSSR count). The molecule has 0 aromatic heterocycles. The Balaban J connectivity index is 2.23. The number of carbonyl (C=O) groups excluding carboxylic acids is 1. The molecule has 0 spiro atoms. The topological polar surface area (TPSA) is 64.9 Å². The van der Waals surface area contributed by atoms with Crippen molar-refractivity contribution >= 4 is 17.3 Å². The number of hydrogen-bond acceptors (Lipinski definition) is 3. The van der Waals surface area contributed by atoms with Crippen LogP contribution in [0.15, 0.2) is 54.2 Å². The normalized spacial score (nSPS) is 11.9. The Labute approximate surface area is 161 Å². The number of rotatable bonds is 5. The molecule has 0 radical (unpaired) electrons. The lowest BCUT2D eigenvalue weighted by Gasteiger charge is -2.15. The second-order valence-corrected chi connectivity index (χ2v) is 6.54. The standard InChI is InChI=1S/C21H20F3N3O/c1-13(2)18-9-4-6-14(3)19(18)26-12-15(11-25)20(28)27-17-8-5-7-16(10-17)21(22,23)24/h4-10,12-13,26H,1-3H3,(H,27,28)/b15-12-. The van der Waals surface area contributed by atoms with Crippen molar-refractivity contribution < 1.29 is 18.0 Å². The van der Waals surface area contributed by atoms with E-state index in [2.05, 4.69) is 10.6 Å². The van der Waals surface area contributed by atoms with Gasteiger partial charge in [0.15, 0.2) is 0 Å². The number of nitriles is 1. The molecule has 0 saturated heterocycles. The number of amides is 1. The lowest BCUT2D eigenvalue weighted by molar-refractivity contribution is -0.137. The fraction of sp³-hybridized carbons (Fsp3) is 0.238. The number of hydrogen-bond donors (Lipinski definition) is 2. The molecule has 0 saturated carbocycles. The summed E-state index contributed by atoms with van der Waals surface area (Å²) < 4.78 is 38.4. The molecule has 2 N–H and O–H groups in total. The van der Waals surface area contributed by atoms with Crippen LogP contribution in [0.5, 0.6) is 0 Å². The zero-order valence-electron chi connectivity index (χ0n) is 15.7. The first kappa shape index (κ1) is 21.0. The van der Waals surface area contributed by atoms with Gasteiger partial charge in [-0.1, -0.05) is 38.1 Å². The van der Waals surface area contributed by atoms with Crippen LogP contribution >= 0.6 is 0 Å². The molecule has 0 bridgehead atoms. The van der Waals surface area contributed by atoms with Gasteiger partial charge in [0.05, 0.1) is 5.56 Å². The molecule has 146 valence electrons. The highest BCUT2D eigenvalue weighted by atomic mass is 19.4. The van der Waals surface area contributed by atoms with E-state index >= 15 is 0 Å². The lowest BCUT2D eigenvalue weighted by atomic mass is 9.98. The molecular formula is C21H20F3N3O. The zero-order chi connectivity index (χ0) is 20.9. The number of halogens is 3. The van der Waals surface area contributed by atoms with Gasteiger partial charge in [-0.15, -0.1) is 0 Å². The van der Waals surface area contributed by atoms with E-state index in [0.29, 0.717) is 0 Å². The van der Waals surface area contributed by atoms with Gasteiger partial charge in [0.25, 0.3) is 5.91 Å². The van der Waals surface area contributed by atoms with Crippen LogP contribution in [0.1, 0.15) is 36.5 Å². The van der Waals surface area contributed by atoms with Crippen molar-refractivity contribution in [2.24, 2.45) is 0 Å². The summed E-state index contributed by atoms with van der Waals surface area (Å²) in [6.45, 7) is 5.95. The minimum absolute atomic E-state index is 0.0419. The summed E-state index contributed by atoms with van der Waals surface area (Å²) in [5, 5.41) is 14.6. The van der Waals surface area contributed by atoms with Gasteiger partial charge in [0.1, 0.15) is 11.6 Å². The maximum Gasteiger partial charge on any atom is 0.416 e. The third kappa shape index (κ3) is 5.13. The van der Waals surface area contributed by atoms with Crippen molar-refractivity contribution in [3.05, 3.63) is 70.9 Å². The second-order valence-electron chi connectivity index (χ2n) is 6.54. The zero-order valence-corrected chi connectivity index (χ0v) is 15.7. The molecule has 0 aliphatic carbocycles. The SMILES string of the molecule is Cc1cccc(C(C)C)c1N/C=C(/C#N)C(=O)Nc1cccc(C(F)(F)F)c1. The van der Waals surface area contributed by atoms with E-state index in [1.807, 2.05) is 39.0 Å². The largest absolute Gasteiger partial charge is 0.416 e. The van der Waals surface area contributed by atoms with Gasteiger partial charge in [0, 0.05) is 17.6 Å². The number of alkyl halides is 3. The fourth-order valence-corrected chi connectivity index (χ4v) is 2.63. The second kappa shape index (κ2) is 8.61. The molecule has 0 fully saturated rings. The highest BCUT2D eigenvalue weighted by Crippen LogP contribution is 2.31. The summed E-state index contributed by atoms with van der Waals surface area (Å²) >= 11 is 0. The number of nitrogens with one attached hydrogen (secondary N) is 2. The molecule has 0 unspecified atom stereocenters. The van der Waals surface area contributed by atoms with E-state index in [-0.39, 0.29) is 17.2 Å². The Morgan fingerprint density at radius 2 is 1.86 bits per heavy atom. The fourth-order valence-electron chi connectivity index (χ4n) is 2.63. The van der Waals surface area contributed by atoms with Crippen molar-refractivity contribution in [3.8, 4) is 6.07 Å². The van der Waals surface area contributed by atoms with Gasteiger partial charge in [-0.2, -0.15) is 18.4 Å². The Hall–Kier alpha value is -3.27. The molecule has 2 aromatic rings. The Morgan fingerprint density at radius 3 is 2.46 bits per heavy atom. The van der Waals surface area contributed by atoms with Gasteiger partial charge in [-0.25, -0.2) is 0 Å². The number of aryl methyl sites for hydroxylation is 1. The number of benzene rings is 2. The van der Waals surface area contributed by atoms with Crippen LogP contribution in [-0.4, -0.2) is 5.91 Å². The highest BCUT2D eigenvalue weighted by Gasteiger charge is 2.30. The molecule has 28 heavy (non-hydrogen) atoms. The summed E-state index contributed by atoms with van der Waals surface area (Å²) in [4.78, 5) is 12.3. The van der Waals surface area contributed by atoms with E-state index in [4.69, 9.17) is 0 Å². The van der Waals surface area contributed by atoms with Gasteiger partial charge < -0.3 is 10.6 Å². The van der Waals surface area contributed by atoms with Crippen LogP contribution in [-0.2, 0) is 11.0 Å². The quantitative estimate of drug-likeness (QED) is 0.519. The van der Waals surface area contributed by atoms with Gasteiger partial charge in [0.2, 0.25) is 0 Å². The van der Waals surface area contributed by atoms with Crippen LogP contribution in [0.3, 0.4) is 0 Å². The third-order valence-corrected chi connectivity index (χ3v) is 4.10. The predicted molar refractivity (Wildman–Crippen MR) is 103 cm³/mol. The summed E-state index contributed by atoms with van der Waals surface area (Å²) in [5.74, 6) is -0.575. The van der Waals surface area contributed by atoms with Crippen molar-refractivity contribution in [1.29, 1.82) is 5.26 Å². The predicted octanol–water partition coefficient (Wildman–Crippen LogP) is 5.60. The molecular weight excluding hydrogens is 367 g/mol. The summed E-state index contributed by atoms with van der Waals surface area (Å²) in [7, 11) is 0. The van der Waals surface area contributed by atoms with Crippen LogP contribution in [0, 0.1) is 18.3 Å². The molecule has 4 nitrogen and oxygen atoms in total. The number of carbonyl (C=O) groups is 1. The van der Waals surface area contributed by atoms with E-state index < -0.39 is 17.6 Å². The van der Waals surface area contributed by atoms with Gasteiger partial charge in [-0.3, -0.25) is 4.79 Å². The minimum atomic E-state index is -4.52. The van der Waals surface area contributed by atoms with E-state index in [9.17, 15) is 23.2 Å². The van der Waals surface area contributed by atoms with Crippen LogP contribution in [0.2, 0.25) is 0 Å². The van der Waals surface area contributed by atoms with Gasteiger partial charge in [-0.05, 0) is 42.2 Å². The average molecular weight is 387 g/mol. The van der Waals surface area contributed by atoms with Crippen molar-refractivity contribution in [3.63, 3.8) is 0 Å². The first-order chi connectivity index (χ1) is 13.1. The molecule has 0 aliphatic heterocycles. The molecule has 0 atom stereocenters. The molecule has 1 amide bonds. The molecule has 0 aliphatic rings. The van der Waals surface area contributed by atoms with Crippen molar-refractivity contribution in [2.45, 2.75) is 32.9 Å². The smallest absolute Gasteiger partial charge is 0.360 e. The molecule has 7 heteroatoms.